The van der Waals surface area contributed by atoms with Gasteiger partial charge in [0.1, 0.15) is 5.82 Å². The van der Waals surface area contributed by atoms with Crippen molar-refractivity contribution in [1.29, 1.82) is 0 Å². The quantitative estimate of drug-likeness (QED) is 0.754. The van der Waals surface area contributed by atoms with E-state index in [4.69, 9.17) is 0 Å². The molecule has 0 amide bonds. The molecule has 0 aliphatic carbocycles. The van der Waals surface area contributed by atoms with E-state index in [0.29, 0.717) is 13.1 Å². The van der Waals surface area contributed by atoms with Crippen LogP contribution < -0.4 is 10.2 Å². The fourth-order valence-electron chi connectivity index (χ4n) is 2.37. The van der Waals surface area contributed by atoms with Crippen LogP contribution in [-0.4, -0.2) is 37.4 Å². The Hall–Kier alpha value is -1.13. The second-order valence-electron chi connectivity index (χ2n) is 4.83. The van der Waals surface area contributed by atoms with Gasteiger partial charge in [0.25, 0.3) is 0 Å². The Labute approximate surface area is 108 Å². The van der Waals surface area contributed by atoms with Crippen LogP contribution in [0.15, 0.2) is 18.2 Å². The molecular formula is C14H21FN2O. The topological polar surface area (TPSA) is 35.5 Å². The third-order valence-electron chi connectivity index (χ3n) is 3.28. The summed E-state index contributed by atoms with van der Waals surface area (Å²) < 4.78 is 13.2. The van der Waals surface area contributed by atoms with Crippen molar-refractivity contribution in [2.45, 2.75) is 25.9 Å². The van der Waals surface area contributed by atoms with E-state index in [0.717, 1.165) is 31.6 Å². The Morgan fingerprint density at radius 1 is 1.50 bits per heavy atom. The molecule has 100 valence electrons. The molecule has 18 heavy (non-hydrogen) atoms. The van der Waals surface area contributed by atoms with Crippen molar-refractivity contribution in [2.75, 3.05) is 31.1 Å². The lowest BCUT2D eigenvalue weighted by Gasteiger charge is -2.23. The van der Waals surface area contributed by atoms with Gasteiger partial charge in [-0.1, -0.05) is 13.0 Å². The first kappa shape index (κ1) is 13.3. The van der Waals surface area contributed by atoms with Crippen LogP contribution in [0.25, 0.3) is 0 Å². The molecular weight excluding hydrogens is 231 g/mol. The van der Waals surface area contributed by atoms with Crippen LogP contribution in [0.3, 0.4) is 0 Å². The number of nitrogens with zero attached hydrogens (tertiary/aromatic N) is 1. The number of aliphatic hydroxyl groups is 1. The number of nitrogens with one attached hydrogen (secondary N) is 1. The molecule has 0 radical (unpaired) electrons. The number of benzene rings is 1. The standard InChI is InChI=1S/C14H21FN2O/c1-2-6-16-9-13(18)10-17-7-5-11-3-4-12(15)8-14(11)17/h3-4,8,13,16,18H,2,5-7,9-10H2,1H3. The molecule has 0 saturated carbocycles. The van der Waals surface area contributed by atoms with Gasteiger partial charge in [0, 0.05) is 25.3 Å². The highest BCUT2D eigenvalue weighted by Gasteiger charge is 2.21. The first-order chi connectivity index (χ1) is 8.70. The zero-order chi connectivity index (χ0) is 13.0. The summed E-state index contributed by atoms with van der Waals surface area (Å²) in [6, 6.07) is 4.91. The van der Waals surface area contributed by atoms with Gasteiger partial charge in [0.2, 0.25) is 0 Å². The van der Waals surface area contributed by atoms with E-state index < -0.39 is 6.10 Å². The Morgan fingerprint density at radius 2 is 2.33 bits per heavy atom. The average molecular weight is 252 g/mol. The molecule has 1 atom stereocenters. The van der Waals surface area contributed by atoms with Crippen LogP contribution >= 0.6 is 0 Å². The molecule has 2 N–H and O–H groups in total. The van der Waals surface area contributed by atoms with E-state index in [1.54, 1.807) is 6.07 Å². The summed E-state index contributed by atoms with van der Waals surface area (Å²) in [6.45, 7) is 5.03. The number of halogens is 1. The van der Waals surface area contributed by atoms with Gasteiger partial charge in [-0.15, -0.1) is 0 Å². The predicted octanol–water partition coefficient (Wildman–Crippen LogP) is 1.55. The highest BCUT2D eigenvalue weighted by Crippen LogP contribution is 2.28. The lowest BCUT2D eigenvalue weighted by atomic mass is 10.1. The highest BCUT2D eigenvalue weighted by atomic mass is 19.1. The van der Waals surface area contributed by atoms with Gasteiger partial charge in [-0.05, 0) is 37.1 Å². The minimum Gasteiger partial charge on any atom is -0.390 e. The first-order valence-electron chi connectivity index (χ1n) is 6.63. The molecule has 1 aromatic rings. The van der Waals surface area contributed by atoms with Gasteiger partial charge in [0.15, 0.2) is 0 Å². The molecule has 1 aromatic carbocycles. The lowest BCUT2D eigenvalue weighted by Crippen LogP contribution is -2.37. The lowest BCUT2D eigenvalue weighted by molar-refractivity contribution is 0.177. The number of anilines is 1. The summed E-state index contributed by atoms with van der Waals surface area (Å²) in [6.07, 6.45) is 1.58. The average Bonchev–Trinajstić information content (AvgIpc) is 2.72. The normalized spacial score (nSPS) is 15.8. The van der Waals surface area contributed by atoms with Crippen molar-refractivity contribution >= 4 is 5.69 Å². The SMILES string of the molecule is CCCNCC(O)CN1CCc2ccc(F)cc21. The maximum absolute atomic E-state index is 13.2. The Balaban J connectivity index is 1.90. The van der Waals surface area contributed by atoms with Crippen molar-refractivity contribution in [3.63, 3.8) is 0 Å². The maximum Gasteiger partial charge on any atom is 0.125 e. The number of aliphatic hydroxyl groups excluding tert-OH is 1. The van der Waals surface area contributed by atoms with Crippen molar-refractivity contribution in [2.24, 2.45) is 0 Å². The van der Waals surface area contributed by atoms with Gasteiger partial charge < -0.3 is 15.3 Å². The predicted molar refractivity (Wildman–Crippen MR) is 71.5 cm³/mol. The van der Waals surface area contributed by atoms with E-state index in [2.05, 4.69) is 17.1 Å². The Bertz CT molecular complexity index is 397. The Kier molecular flexibility index (Phi) is 4.55. The fraction of sp³-hybridized carbons (Fsp3) is 0.571. The molecule has 1 unspecified atom stereocenters. The number of hydrogen-bond acceptors (Lipinski definition) is 3. The van der Waals surface area contributed by atoms with Crippen molar-refractivity contribution in [3.8, 4) is 0 Å². The van der Waals surface area contributed by atoms with Gasteiger partial charge in [-0.3, -0.25) is 0 Å². The summed E-state index contributed by atoms with van der Waals surface area (Å²) in [7, 11) is 0. The molecule has 0 bridgehead atoms. The van der Waals surface area contributed by atoms with Crippen LogP contribution in [0.4, 0.5) is 10.1 Å². The molecule has 1 aliphatic heterocycles. The summed E-state index contributed by atoms with van der Waals surface area (Å²) in [5, 5.41) is 13.1. The van der Waals surface area contributed by atoms with E-state index in [9.17, 15) is 9.50 Å². The number of β-amino-alcohol motifs (C(OH)–C–C–N with tert-alkyl or cyclic N) is 1. The van der Waals surface area contributed by atoms with Gasteiger partial charge in [-0.25, -0.2) is 4.39 Å². The number of rotatable bonds is 6. The zero-order valence-electron chi connectivity index (χ0n) is 10.8. The van der Waals surface area contributed by atoms with E-state index in [1.807, 2.05) is 6.07 Å². The van der Waals surface area contributed by atoms with Gasteiger partial charge >= 0.3 is 0 Å². The molecule has 2 rings (SSSR count). The van der Waals surface area contributed by atoms with E-state index in [-0.39, 0.29) is 5.82 Å². The van der Waals surface area contributed by atoms with Gasteiger partial charge in [0.05, 0.1) is 6.10 Å². The molecule has 0 aromatic heterocycles. The van der Waals surface area contributed by atoms with Crippen molar-refractivity contribution in [3.05, 3.63) is 29.6 Å². The molecule has 0 spiro atoms. The van der Waals surface area contributed by atoms with Gasteiger partial charge in [-0.2, -0.15) is 0 Å². The second-order valence-corrected chi connectivity index (χ2v) is 4.83. The molecule has 0 saturated heterocycles. The van der Waals surface area contributed by atoms with Crippen molar-refractivity contribution < 1.29 is 9.50 Å². The first-order valence-corrected chi connectivity index (χ1v) is 6.63. The second kappa shape index (κ2) is 6.16. The summed E-state index contributed by atoms with van der Waals surface area (Å²) in [4.78, 5) is 2.07. The third-order valence-corrected chi connectivity index (χ3v) is 3.28. The minimum atomic E-state index is -0.411. The molecule has 1 aliphatic rings. The third kappa shape index (κ3) is 3.21. The van der Waals surface area contributed by atoms with Crippen LogP contribution in [0.2, 0.25) is 0 Å². The zero-order valence-corrected chi connectivity index (χ0v) is 10.8. The molecule has 4 heteroatoms. The minimum absolute atomic E-state index is 0.209. The molecule has 1 heterocycles. The molecule has 3 nitrogen and oxygen atoms in total. The smallest absolute Gasteiger partial charge is 0.125 e. The number of fused-ring (bicyclic) bond motifs is 1. The highest BCUT2D eigenvalue weighted by molar-refractivity contribution is 5.58. The van der Waals surface area contributed by atoms with E-state index >= 15 is 0 Å². The summed E-state index contributed by atoms with van der Waals surface area (Å²) in [5.74, 6) is -0.209. The fourth-order valence-corrected chi connectivity index (χ4v) is 2.37. The summed E-state index contributed by atoms with van der Waals surface area (Å²) in [5.41, 5.74) is 2.11. The Morgan fingerprint density at radius 3 is 3.11 bits per heavy atom. The largest absolute Gasteiger partial charge is 0.390 e. The van der Waals surface area contributed by atoms with Crippen molar-refractivity contribution in [1.82, 2.24) is 5.32 Å². The van der Waals surface area contributed by atoms with Crippen LogP contribution in [0.5, 0.6) is 0 Å². The van der Waals surface area contributed by atoms with Crippen LogP contribution in [0.1, 0.15) is 18.9 Å². The monoisotopic (exact) mass is 252 g/mol. The maximum atomic E-state index is 13.2. The van der Waals surface area contributed by atoms with Crippen LogP contribution in [0, 0.1) is 5.82 Å². The van der Waals surface area contributed by atoms with Crippen LogP contribution in [-0.2, 0) is 6.42 Å². The number of hydrogen-bond donors (Lipinski definition) is 2. The summed E-state index contributed by atoms with van der Waals surface area (Å²) >= 11 is 0. The van der Waals surface area contributed by atoms with E-state index in [1.165, 1.54) is 11.6 Å². The molecule has 0 fully saturated rings.